The van der Waals surface area contributed by atoms with Crippen LogP contribution in [-0.2, 0) is 14.6 Å². The zero-order chi connectivity index (χ0) is 14.0. The highest BCUT2D eigenvalue weighted by atomic mass is 35.5. The molecule has 0 saturated heterocycles. The number of nitrogens with two attached hydrogens (primary N) is 1. The molecule has 1 unspecified atom stereocenters. The molecule has 0 aliphatic heterocycles. The van der Waals surface area contributed by atoms with E-state index in [-0.39, 0.29) is 29.5 Å². The summed E-state index contributed by atoms with van der Waals surface area (Å²) >= 11 is 0. The summed E-state index contributed by atoms with van der Waals surface area (Å²) in [6, 6.07) is 0. The van der Waals surface area contributed by atoms with Gasteiger partial charge in [0.25, 0.3) is 0 Å². The maximum atomic E-state index is 11.9. The van der Waals surface area contributed by atoms with Gasteiger partial charge in [-0.3, -0.25) is 4.79 Å². The van der Waals surface area contributed by atoms with Crippen molar-refractivity contribution in [2.24, 2.45) is 11.1 Å². The third kappa shape index (κ3) is 6.10. The number of rotatable bonds is 7. The van der Waals surface area contributed by atoms with Gasteiger partial charge in [0, 0.05) is 18.2 Å². The molecule has 1 rings (SSSR count). The molecule has 0 aromatic heterocycles. The highest BCUT2D eigenvalue weighted by Crippen LogP contribution is 2.46. The van der Waals surface area contributed by atoms with Gasteiger partial charge in [0.05, 0.1) is 11.3 Å². The van der Waals surface area contributed by atoms with Crippen LogP contribution < -0.4 is 11.1 Å². The molecule has 0 bridgehead atoms. The van der Waals surface area contributed by atoms with Crippen LogP contribution in [0.4, 0.5) is 0 Å². The first-order chi connectivity index (χ1) is 8.10. The normalized spacial score (nSPS) is 20.0. The summed E-state index contributed by atoms with van der Waals surface area (Å²) in [4.78, 5) is 11.9. The summed E-state index contributed by atoms with van der Waals surface area (Å²) < 4.78 is 22.6. The van der Waals surface area contributed by atoms with Gasteiger partial charge in [0.15, 0.2) is 0 Å². The number of hydrogen-bond acceptors (Lipinski definition) is 4. The summed E-state index contributed by atoms with van der Waals surface area (Å²) in [5.41, 5.74) is 4.81. The minimum atomic E-state index is -3.00. The quantitative estimate of drug-likeness (QED) is 0.730. The largest absolute Gasteiger partial charge is 0.354 e. The Morgan fingerprint density at radius 2 is 1.95 bits per heavy atom. The van der Waals surface area contributed by atoms with E-state index in [1.165, 1.54) is 6.26 Å². The third-order valence-electron chi connectivity index (χ3n) is 3.44. The molecule has 7 heteroatoms. The van der Waals surface area contributed by atoms with E-state index < -0.39 is 15.4 Å². The van der Waals surface area contributed by atoms with Gasteiger partial charge < -0.3 is 11.1 Å². The third-order valence-corrected chi connectivity index (χ3v) is 4.57. The van der Waals surface area contributed by atoms with Crippen LogP contribution in [0.15, 0.2) is 0 Å². The van der Waals surface area contributed by atoms with Crippen molar-refractivity contribution in [2.75, 3.05) is 18.6 Å². The van der Waals surface area contributed by atoms with E-state index in [2.05, 4.69) is 5.32 Å². The number of nitrogens with one attached hydrogen (secondary N) is 1. The summed E-state index contributed by atoms with van der Waals surface area (Å²) in [5.74, 6) is -0.0425. The molecule has 1 aliphatic rings. The van der Waals surface area contributed by atoms with Gasteiger partial charge in [-0.15, -0.1) is 12.4 Å². The standard InChI is InChI=1S/C12H24N2O3S.ClH/c1-4-5-11(2,13)10(15)14-8-12(6-7-12)9-18(3,16)17;/h4-9,13H2,1-3H3,(H,14,15);1H. The van der Waals surface area contributed by atoms with E-state index in [1.807, 2.05) is 6.92 Å². The van der Waals surface area contributed by atoms with Gasteiger partial charge in [-0.1, -0.05) is 13.3 Å². The molecular weight excluding hydrogens is 288 g/mol. The number of halogens is 1. The zero-order valence-electron chi connectivity index (χ0n) is 11.9. The first-order valence-electron chi connectivity index (χ1n) is 6.35. The van der Waals surface area contributed by atoms with Crippen LogP contribution in [0.25, 0.3) is 0 Å². The molecule has 1 atom stereocenters. The second kappa shape index (κ2) is 6.41. The Morgan fingerprint density at radius 1 is 1.42 bits per heavy atom. The topological polar surface area (TPSA) is 89.3 Å². The van der Waals surface area contributed by atoms with Crippen molar-refractivity contribution >= 4 is 28.2 Å². The maximum Gasteiger partial charge on any atom is 0.239 e. The van der Waals surface area contributed by atoms with Gasteiger partial charge >= 0.3 is 0 Å². The fourth-order valence-electron chi connectivity index (χ4n) is 2.21. The highest BCUT2D eigenvalue weighted by Gasteiger charge is 2.45. The van der Waals surface area contributed by atoms with Crippen molar-refractivity contribution in [3.05, 3.63) is 0 Å². The fraction of sp³-hybridized carbons (Fsp3) is 0.917. The zero-order valence-corrected chi connectivity index (χ0v) is 13.5. The monoisotopic (exact) mass is 312 g/mol. The molecule has 0 aromatic rings. The molecule has 1 amide bonds. The molecule has 19 heavy (non-hydrogen) atoms. The lowest BCUT2D eigenvalue weighted by molar-refractivity contribution is -0.126. The van der Waals surface area contributed by atoms with Crippen molar-refractivity contribution in [3.63, 3.8) is 0 Å². The molecule has 0 radical (unpaired) electrons. The van der Waals surface area contributed by atoms with Crippen LogP contribution in [0.1, 0.15) is 39.5 Å². The number of sulfone groups is 1. The Morgan fingerprint density at radius 3 is 2.32 bits per heavy atom. The number of carbonyl (C=O) groups is 1. The van der Waals surface area contributed by atoms with E-state index in [4.69, 9.17) is 5.73 Å². The number of carbonyl (C=O) groups excluding carboxylic acids is 1. The SMILES string of the molecule is CCCC(C)(N)C(=O)NCC1(CS(C)(=O)=O)CC1.Cl. The molecule has 1 fully saturated rings. The Kier molecular flexibility index (Phi) is 6.30. The highest BCUT2D eigenvalue weighted by molar-refractivity contribution is 7.90. The minimum Gasteiger partial charge on any atom is -0.354 e. The average Bonchev–Trinajstić information content (AvgIpc) is 2.92. The first-order valence-corrected chi connectivity index (χ1v) is 8.41. The molecule has 0 heterocycles. The number of amides is 1. The summed E-state index contributed by atoms with van der Waals surface area (Å²) in [5, 5.41) is 2.80. The van der Waals surface area contributed by atoms with Crippen LogP contribution in [0.2, 0.25) is 0 Å². The van der Waals surface area contributed by atoms with Gasteiger partial charge in [0.1, 0.15) is 9.84 Å². The van der Waals surface area contributed by atoms with Crippen molar-refractivity contribution < 1.29 is 13.2 Å². The van der Waals surface area contributed by atoms with Gasteiger partial charge in [-0.2, -0.15) is 0 Å². The predicted octanol–water partition coefficient (Wildman–Crippen LogP) is 0.867. The Labute approximate surface area is 122 Å². The predicted molar refractivity (Wildman–Crippen MR) is 79.1 cm³/mol. The summed E-state index contributed by atoms with van der Waals surface area (Å²) in [6.45, 7) is 4.10. The molecule has 3 N–H and O–H groups in total. The van der Waals surface area contributed by atoms with Crippen LogP contribution in [0.3, 0.4) is 0 Å². The molecule has 1 aliphatic carbocycles. The number of hydrogen-bond donors (Lipinski definition) is 2. The lowest BCUT2D eigenvalue weighted by Crippen LogP contribution is -2.52. The van der Waals surface area contributed by atoms with Crippen molar-refractivity contribution in [1.29, 1.82) is 0 Å². The van der Waals surface area contributed by atoms with Crippen LogP contribution in [0.5, 0.6) is 0 Å². The lowest BCUT2D eigenvalue weighted by Gasteiger charge is -2.24. The Hall–Kier alpha value is -0.330. The van der Waals surface area contributed by atoms with E-state index in [9.17, 15) is 13.2 Å². The van der Waals surface area contributed by atoms with Crippen LogP contribution in [-0.4, -0.2) is 38.4 Å². The molecule has 1 saturated carbocycles. The molecular formula is C12H25ClN2O3S. The first kappa shape index (κ1) is 18.7. The van der Waals surface area contributed by atoms with E-state index >= 15 is 0 Å². The maximum absolute atomic E-state index is 11.9. The van der Waals surface area contributed by atoms with Crippen molar-refractivity contribution in [1.82, 2.24) is 5.32 Å². The smallest absolute Gasteiger partial charge is 0.239 e. The van der Waals surface area contributed by atoms with Gasteiger partial charge in [0.2, 0.25) is 5.91 Å². The van der Waals surface area contributed by atoms with Crippen LogP contribution >= 0.6 is 12.4 Å². The Balaban J connectivity index is 0.00000324. The van der Waals surface area contributed by atoms with E-state index in [0.29, 0.717) is 13.0 Å². The second-order valence-corrected chi connectivity index (χ2v) is 8.06. The molecule has 0 spiro atoms. The van der Waals surface area contributed by atoms with Crippen LogP contribution in [0, 0.1) is 5.41 Å². The molecule has 0 aromatic carbocycles. The van der Waals surface area contributed by atoms with Gasteiger partial charge in [-0.05, 0) is 26.2 Å². The summed E-state index contributed by atoms with van der Waals surface area (Å²) in [6.07, 6.45) is 4.41. The minimum absolute atomic E-state index is 0. The average molecular weight is 313 g/mol. The van der Waals surface area contributed by atoms with E-state index in [1.54, 1.807) is 6.92 Å². The Bertz CT molecular complexity index is 417. The van der Waals surface area contributed by atoms with Crippen molar-refractivity contribution in [2.45, 2.75) is 45.1 Å². The fourth-order valence-corrected chi connectivity index (χ4v) is 3.71. The van der Waals surface area contributed by atoms with E-state index in [0.717, 1.165) is 19.3 Å². The van der Waals surface area contributed by atoms with Gasteiger partial charge in [-0.25, -0.2) is 8.42 Å². The molecule has 5 nitrogen and oxygen atoms in total. The second-order valence-electron chi connectivity index (χ2n) is 5.92. The molecule has 114 valence electrons. The van der Waals surface area contributed by atoms with Crippen molar-refractivity contribution in [3.8, 4) is 0 Å². The lowest BCUT2D eigenvalue weighted by atomic mass is 9.96. The summed E-state index contributed by atoms with van der Waals surface area (Å²) in [7, 11) is -3.00.